The summed E-state index contributed by atoms with van der Waals surface area (Å²) in [5, 5.41) is 24.3. The van der Waals surface area contributed by atoms with Gasteiger partial charge in [0.2, 0.25) is 0 Å². The highest BCUT2D eigenvalue weighted by Crippen LogP contribution is 1.91. The van der Waals surface area contributed by atoms with Crippen LogP contribution in [0.3, 0.4) is 0 Å². The van der Waals surface area contributed by atoms with E-state index < -0.39 is 36.4 Å². The van der Waals surface area contributed by atoms with Gasteiger partial charge in [-0.2, -0.15) is 0 Å². The summed E-state index contributed by atoms with van der Waals surface area (Å²) in [4.78, 5) is 29.7. The molecule has 106 valence electrons. The van der Waals surface area contributed by atoms with E-state index in [9.17, 15) is 14.4 Å². The Morgan fingerprint density at radius 2 is 1.39 bits per heavy atom. The second-order valence-corrected chi connectivity index (χ2v) is 3.42. The molecule has 9 heteroatoms. The maximum atomic E-state index is 10.0. The standard InChI is InChI=1S/C5H12N2O2.C4H7NO4/c6-3-1-2-4(7)5(8)9;5-2(4(8)9)1-3(6)7/h4H,1-3,6-7H2,(H,8,9);2H,1,5H2,(H,6,7)(H,8,9). The highest BCUT2D eigenvalue weighted by Gasteiger charge is 2.14. The van der Waals surface area contributed by atoms with Crippen molar-refractivity contribution in [3.05, 3.63) is 0 Å². The SMILES string of the molecule is NC(CC(=O)O)C(=O)O.NCCCC(N)C(=O)O. The van der Waals surface area contributed by atoms with Crippen molar-refractivity contribution < 1.29 is 29.7 Å². The van der Waals surface area contributed by atoms with Gasteiger partial charge in [-0.15, -0.1) is 0 Å². The fraction of sp³-hybridized carbons (Fsp3) is 0.667. The molecule has 0 aliphatic rings. The summed E-state index contributed by atoms with van der Waals surface area (Å²) < 4.78 is 0. The third-order valence-corrected chi connectivity index (χ3v) is 1.75. The van der Waals surface area contributed by atoms with E-state index in [4.69, 9.17) is 32.5 Å². The van der Waals surface area contributed by atoms with E-state index in [0.717, 1.165) is 0 Å². The first-order valence-electron chi connectivity index (χ1n) is 5.11. The minimum atomic E-state index is -1.29. The van der Waals surface area contributed by atoms with Gasteiger partial charge in [-0.05, 0) is 19.4 Å². The van der Waals surface area contributed by atoms with Crippen LogP contribution in [0.4, 0.5) is 0 Å². The topological polar surface area (TPSA) is 190 Å². The first kappa shape index (κ1) is 18.6. The molecule has 0 fully saturated rings. The summed E-state index contributed by atoms with van der Waals surface area (Å²) in [5.41, 5.74) is 15.1. The van der Waals surface area contributed by atoms with Crippen molar-refractivity contribution >= 4 is 17.9 Å². The second-order valence-electron chi connectivity index (χ2n) is 3.42. The van der Waals surface area contributed by atoms with Gasteiger partial charge in [-0.3, -0.25) is 14.4 Å². The van der Waals surface area contributed by atoms with Crippen LogP contribution in [0.2, 0.25) is 0 Å². The first-order chi connectivity index (χ1) is 8.22. The molecular weight excluding hydrogens is 246 g/mol. The van der Waals surface area contributed by atoms with Gasteiger partial charge in [0, 0.05) is 0 Å². The average molecular weight is 265 g/mol. The van der Waals surface area contributed by atoms with E-state index in [-0.39, 0.29) is 0 Å². The minimum absolute atomic E-state index is 0.464. The van der Waals surface area contributed by atoms with Crippen LogP contribution in [-0.4, -0.2) is 51.9 Å². The molecule has 0 saturated heterocycles. The Balaban J connectivity index is 0. The summed E-state index contributed by atoms with van der Waals surface area (Å²) in [6.07, 6.45) is 0.606. The molecule has 9 nitrogen and oxygen atoms in total. The summed E-state index contributed by atoms with van der Waals surface area (Å²) in [6, 6.07) is -2.03. The summed E-state index contributed by atoms with van der Waals surface area (Å²) in [7, 11) is 0. The van der Waals surface area contributed by atoms with Crippen LogP contribution in [0, 0.1) is 0 Å². The monoisotopic (exact) mass is 265 g/mol. The fourth-order valence-corrected chi connectivity index (χ4v) is 0.737. The molecule has 0 aromatic heterocycles. The molecule has 0 amide bonds. The zero-order valence-electron chi connectivity index (χ0n) is 9.78. The molecule has 0 spiro atoms. The third kappa shape index (κ3) is 12.4. The van der Waals surface area contributed by atoms with E-state index in [0.29, 0.717) is 19.4 Å². The van der Waals surface area contributed by atoms with Crippen molar-refractivity contribution in [2.24, 2.45) is 17.2 Å². The number of carbonyl (C=O) groups is 3. The van der Waals surface area contributed by atoms with Gasteiger partial charge in [-0.1, -0.05) is 0 Å². The molecule has 0 rings (SSSR count). The molecule has 0 saturated carbocycles. The van der Waals surface area contributed by atoms with Gasteiger partial charge < -0.3 is 32.5 Å². The fourth-order valence-electron chi connectivity index (χ4n) is 0.737. The molecule has 2 atom stereocenters. The molecule has 0 heterocycles. The lowest BCUT2D eigenvalue weighted by Crippen LogP contribution is -2.32. The zero-order chi connectivity index (χ0) is 14.7. The molecule has 0 aliphatic carbocycles. The van der Waals surface area contributed by atoms with Crippen molar-refractivity contribution in [3.8, 4) is 0 Å². The summed E-state index contributed by atoms with van der Waals surface area (Å²) in [6.45, 7) is 0.501. The lowest BCUT2D eigenvalue weighted by atomic mass is 10.2. The van der Waals surface area contributed by atoms with Crippen LogP contribution in [0.15, 0.2) is 0 Å². The Labute approximate surface area is 104 Å². The van der Waals surface area contributed by atoms with Gasteiger partial charge in [-0.25, -0.2) is 0 Å². The number of hydrogen-bond donors (Lipinski definition) is 6. The largest absolute Gasteiger partial charge is 0.481 e. The Bertz CT molecular complexity index is 283. The van der Waals surface area contributed by atoms with Crippen LogP contribution >= 0.6 is 0 Å². The Morgan fingerprint density at radius 1 is 0.944 bits per heavy atom. The van der Waals surface area contributed by atoms with Crippen LogP contribution < -0.4 is 17.2 Å². The number of rotatable bonds is 7. The van der Waals surface area contributed by atoms with Crippen LogP contribution in [0.25, 0.3) is 0 Å². The van der Waals surface area contributed by atoms with Crippen LogP contribution in [0.5, 0.6) is 0 Å². The van der Waals surface area contributed by atoms with Crippen LogP contribution in [0.1, 0.15) is 19.3 Å². The lowest BCUT2D eigenvalue weighted by molar-refractivity contribution is -0.144. The van der Waals surface area contributed by atoms with Crippen molar-refractivity contribution in [1.82, 2.24) is 0 Å². The Kier molecular flexibility index (Phi) is 10.8. The zero-order valence-corrected chi connectivity index (χ0v) is 9.78. The number of hydrogen-bond acceptors (Lipinski definition) is 6. The van der Waals surface area contributed by atoms with Gasteiger partial charge in [0.25, 0.3) is 0 Å². The third-order valence-electron chi connectivity index (χ3n) is 1.75. The van der Waals surface area contributed by atoms with Gasteiger partial charge in [0.1, 0.15) is 12.1 Å². The van der Waals surface area contributed by atoms with Crippen molar-refractivity contribution in [3.63, 3.8) is 0 Å². The summed E-state index contributed by atoms with van der Waals surface area (Å²) >= 11 is 0. The van der Waals surface area contributed by atoms with E-state index in [1.165, 1.54) is 0 Å². The molecular formula is C9H19N3O6. The molecule has 18 heavy (non-hydrogen) atoms. The molecule has 0 radical (unpaired) electrons. The summed E-state index contributed by atoms with van der Waals surface area (Å²) in [5.74, 6) is -3.45. The van der Waals surface area contributed by atoms with Gasteiger partial charge >= 0.3 is 17.9 Å². The number of carboxylic acids is 3. The molecule has 9 N–H and O–H groups in total. The quantitative estimate of drug-likeness (QED) is 0.302. The predicted octanol–water partition coefficient (Wildman–Crippen LogP) is -1.99. The average Bonchev–Trinajstić information content (AvgIpc) is 2.25. The van der Waals surface area contributed by atoms with Crippen molar-refractivity contribution in [2.75, 3.05) is 6.54 Å². The van der Waals surface area contributed by atoms with Gasteiger partial charge in [0.05, 0.1) is 6.42 Å². The maximum absolute atomic E-state index is 10.0. The molecule has 2 unspecified atom stereocenters. The van der Waals surface area contributed by atoms with E-state index >= 15 is 0 Å². The Hall–Kier alpha value is -1.71. The lowest BCUT2D eigenvalue weighted by Gasteiger charge is -2.02. The molecule has 0 aromatic rings. The predicted molar refractivity (Wildman–Crippen MR) is 61.8 cm³/mol. The molecule has 0 aromatic carbocycles. The van der Waals surface area contributed by atoms with Crippen LogP contribution in [-0.2, 0) is 14.4 Å². The van der Waals surface area contributed by atoms with E-state index in [1.54, 1.807) is 0 Å². The normalized spacial score (nSPS) is 12.8. The first-order valence-corrected chi connectivity index (χ1v) is 5.11. The van der Waals surface area contributed by atoms with Crippen molar-refractivity contribution in [1.29, 1.82) is 0 Å². The number of nitrogens with two attached hydrogens (primary N) is 3. The minimum Gasteiger partial charge on any atom is -0.481 e. The van der Waals surface area contributed by atoms with Crippen molar-refractivity contribution in [2.45, 2.75) is 31.3 Å². The smallest absolute Gasteiger partial charge is 0.321 e. The number of aliphatic carboxylic acids is 3. The highest BCUT2D eigenvalue weighted by molar-refractivity contribution is 5.80. The van der Waals surface area contributed by atoms with Gasteiger partial charge in [0.15, 0.2) is 0 Å². The highest BCUT2D eigenvalue weighted by atomic mass is 16.4. The Morgan fingerprint density at radius 3 is 1.61 bits per heavy atom. The molecule has 0 aliphatic heterocycles. The molecule has 0 bridgehead atoms. The second kappa shape index (κ2) is 10.4. The van der Waals surface area contributed by atoms with E-state index in [1.807, 2.05) is 0 Å². The number of carboxylic acid groups (broad SMARTS) is 3. The van der Waals surface area contributed by atoms with E-state index in [2.05, 4.69) is 0 Å². The maximum Gasteiger partial charge on any atom is 0.321 e.